The van der Waals surface area contributed by atoms with Crippen molar-refractivity contribution in [3.63, 3.8) is 0 Å². The van der Waals surface area contributed by atoms with E-state index in [9.17, 15) is 9.90 Å². The molecular formula is C13H10ClIN2O2. The Morgan fingerprint density at radius 1 is 1.26 bits per heavy atom. The minimum absolute atomic E-state index is 0.124. The molecule has 0 saturated heterocycles. The van der Waals surface area contributed by atoms with Crippen molar-refractivity contribution < 1.29 is 9.90 Å². The van der Waals surface area contributed by atoms with Crippen molar-refractivity contribution in [1.82, 2.24) is 0 Å². The lowest BCUT2D eigenvalue weighted by atomic mass is 10.1. The molecule has 0 radical (unpaired) electrons. The van der Waals surface area contributed by atoms with Gasteiger partial charge in [-0.15, -0.1) is 0 Å². The zero-order valence-corrected chi connectivity index (χ0v) is 12.6. The molecule has 6 heteroatoms. The van der Waals surface area contributed by atoms with Crippen LogP contribution in [0.3, 0.4) is 0 Å². The van der Waals surface area contributed by atoms with Crippen LogP contribution in [0.2, 0.25) is 5.02 Å². The van der Waals surface area contributed by atoms with Gasteiger partial charge in [-0.1, -0.05) is 11.6 Å². The van der Waals surface area contributed by atoms with Crippen LogP contribution in [-0.4, -0.2) is 11.0 Å². The number of nitrogens with two attached hydrogens (primary N) is 1. The van der Waals surface area contributed by atoms with Gasteiger partial charge in [0.05, 0.1) is 16.4 Å². The number of anilines is 2. The van der Waals surface area contributed by atoms with Crippen LogP contribution in [-0.2, 0) is 0 Å². The van der Waals surface area contributed by atoms with E-state index in [1.54, 1.807) is 12.1 Å². The maximum Gasteiger partial charge on any atom is 0.255 e. The first-order chi connectivity index (χ1) is 8.97. The molecule has 4 nitrogen and oxygen atoms in total. The van der Waals surface area contributed by atoms with E-state index in [1.807, 2.05) is 6.07 Å². The minimum Gasteiger partial charge on any atom is -0.506 e. The van der Waals surface area contributed by atoms with Gasteiger partial charge in [0.2, 0.25) is 0 Å². The predicted molar refractivity (Wildman–Crippen MR) is 84.6 cm³/mol. The molecule has 0 saturated carbocycles. The van der Waals surface area contributed by atoms with Crippen molar-refractivity contribution >= 4 is 51.5 Å². The van der Waals surface area contributed by atoms with Crippen molar-refractivity contribution in [2.24, 2.45) is 0 Å². The van der Waals surface area contributed by atoms with Crippen molar-refractivity contribution in [2.45, 2.75) is 0 Å². The lowest BCUT2D eigenvalue weighted by Gasteiger charge is -2.08. The number of phenols is 1. The molecule has 0 atom stereocenters. The second kappa shape index (κ2) is 5.66. The Morgan fingerprint density at radius 2 is 2.00 bits per heavy atom. The summed E-state index contributed by atoms with van der Waals surface area (Å²) in [4.78, 5) is 12.0. The van der Waals surface area contributed by atoms with Gasteiger partial charge in [-0.25, -0.2) is 0 Å². The zero-order chi connectivity index (χ0) is 14.0. The SMILES string of the molecule is Nc1ccc(C(=O)Nc2ccc(I)cc2Cl)cc1O. The Balaban J connectivity index is 2.23. The molecule has 1 amide bonds. The Kier molecular flexibility index (Phi) is 4.16. The fraction of sp³-hybridized carbons (Fsp3) is 0. The molecule has 19 heavy (non-hydrogen) atoms. The molecule has 0 fully saturated rings. The number of carbonyl (C=O) groups is 1. The average molecular weight is 389 g/mol. The van der Waals surface area contributed by atoms with Crippen LogP contribution in [0, 0.1) is 3.57 Å². The highest BCUT2D eigenvalue weighted by molar-refractivity contribution is 14.1. The second-order valence-electron chi connectivity index (χ2n) is 3.85. The third kappa shape index (κ3) is 3.30. The Morgan fingerprint density at radius 3 is 2.63 bits per heavy atom. The molecule has 0 aliphatic heterocycles. The van der Waals surface area contributed by atoms with Crippen molar-refractivity contribution in [2.75, 3.05) is 11.1 Å². The number of hydrogen-bond acceptors (Lipinski definition) is 3. The van der Waals surface area contributed by atoms with E-state index in [0.29, 0.717) is 16.3 Å². The maximum atomic E-state index is 12.0. The van der Waals surface area contributed by atoms with Crippen LogP contribution >= 0.6 is 34.2 Å². The summed E-state index contributed by atoms with van der Waals surface area (Å²) in [5, 5.41) is 12.6. The molecule has 0 unspecified atom stereocenters. The summed E-state index contributed by atoms with van der Waals surface area (Å²) in [7, 11) is 0. The number of carbonyl (C=O) groups excluding carboxylic acids is 1. The number of nitrogens with one attached hydrogen (secondary N) is 1. The summed E-state index contributed by atoms with van der Waals surface area (Å²) in [5.41, 5.74) is 6.53. The first-order valence-electron chi connectivity index (χ1n) is 5.32. The fourth-order valence-electron chi connectivity index (χ4n) is 1.47. The lowest BCUT2D eigenvalue weighted by molar-refractivity contribution is 0.102. The molecule has 0 aliphatic carbocycles. The zero-order valence-electron chi connectivity index (χ0n) is 9.65. The second-order valence-corrected chi connectivity index (χ2v) is 5.50. The number of amides is 1. The van der Waals surface area contributed by atoms with Gasteiger partial charge in [0.1, 0.15) is 5.75 Å². The van der Waals surface area contributed by atoms with Crippen molar-refractivity contribution in [3.05, 3.63) is 50.6 Å². The first-order valence-corrected chi connectivity index (χ1v) is 6.78. The standard InChI is InChI=1S/C13H10ClIN2O2/c14-9-6-8(15)2-4-11(9)17-13(19)7-1-3-10(16)12(18)5-7/h1-6,18H,16H2,(H,17,19). The lowest BCUT2D eigenvalue weighted by Crippen LogP contribution is -2.12. The molecule has 2 aromatic carbocycles. The van der Waals surface area contributed by atoms with E-state index in [2.05, 4.69) is 27.9 Å². The molecule has 2 rings (SSSR count). The molecule has 0 aromatic heterocycles. The van der Waals surface area contributed by atoms with E-state index in [4.69, 9.17) is 17.3 Å². The minimum atomic E-state index is -0.363. The number of halogens is 2. The van der Waals surface area contributed by atoms with E-state index in [1.165, 1.54) is 18.2 Å². The molecule has 0 heterocycles. The molecule has 0 aliphatic rings. The summed E-state index contributed by atoms with van der Waals surface area (Å²) in [5.74, 6) is -0.486. The predicted octanol–water partition coefficient (Wildman–Crippen LogP) is 3.48. The van der Waals surface area contributed by atoms with Crippen molar-refractivity contribution in [3.8, 4) is 5.75 Å². The molecule has 4 N–H and O–H groups in total. The van der Waals surface area contributed by atoms with E-state index in [0.717, 1.165) is 3.57 Å². The number of benzene rings is 2. The summed E-state index contributed by atoms with van der Waals surface area (Å²) in [6.45, 7) is 0. The largest absolute Gasteiger partial charge is 0.506 e. The van der Waals surface area contributed by atoms with Crippen LogP contribution in [0.4, 0.5) is 11.4 Å². The number of phenolic OH excluding ortho intramolecular Hbond substituents is 1. The smallest absolute Gasteiger partial charge is 0.255 e. The molecule has 0 bridgehead atoms. The van der Waals surface area contributed by atoms with Gasteiger partial charge in [-0.05, 0) is 59.0 Å². The number of nitrogen functional groups attached to an aromatic ring is 1. The molecule has 2 aromatic rings. The first kappa shape index (κ1) is 14.0. The van der Waals surface area contributed by atoms with Gasteiger partial charge in [0, 0.05) is 9.13 Å². The van der Waals surface area contributed by atoms with Crippen LogP contribution < -0.4 is 11.1 Å². The summed E-state index contributed by atoms with van der Waals surface area (Å²) in [6.07, 6.45) is 0. The quantitative estimate of drug-likeness (QED) is 0.419. The average Bonchev–Trinajstić information content (AvgIpc) is 2.36. The summed E-state index contributed by atoms with van der Waals surface area (Å²) in [6, 6.07) is 9.62. The number of hydrogen-bond donors (Lipinski definition) is 3. The Hall–Kier alpha value is -1.47. The molecular weight excluding hydrogens is 379 g/mol. The van der Waals surface area contributed by atoms with E-state index < -0.39 is 0 Å². The van der Waals surface area contributed by atoms with Gasteiger partial charge in [0.25, 0.3) is 5.91 Å². The third-order valence-electron chi connectivity index (χ3n) is 2.47. The van der Waals surface area contributed by atoms with Gasteiger partial charge in [-0.3, -0.25) is 4.79 Å². The van der Waals surface area contributed by atoms with Gasteiger partial charge < -0.3 is 16.2 Å². The van der Waals surface area contributed by atoms with E-state index in [-0.39, 0.29) is 17.3 Å². The normalized spacial score (nSPS) is 10.2. The van der Waals surface area contributed by atoms with Crippen LogP contribution in [0.15, 0.2) is 36.4 Å². The highest BCUT2D eigenvalue weighted by Gasteiger charge is 2.10. The molecule has 98 valence electrons. The van der Waals surface area contributed by atoms with Crippen LogP contribution in [0.25, 0.3) is 0 Å². The van der Waals surface area contributed by atoms with Gasteiger partial charge in [-0.2, -0.15) is 0 Å². The Bertz CT molecular complexity index is 647. The van der Waals surface area contributed by atoms with Crippen molar-refractivity contribution in [1.29, 1.82) is 0 Å². The highest BCUT2D eigenvalue weighted by atomic mass is 127. The van der Waals surface area contributed by atoms with E-state index >= 15 is 0 Å². The van der Waals surface area contributed by atoms with Crippen LogP contribution in [0.5, 0.6) is 5.75 Å². The van der Waals surface area contributed by atoms with Gasteiger partial charge in [0.15, 0.2) is 0 Å². The fourth-order valence-corrected chi connectivity index (χ4v) is 2.37. The highest BCUT2D eigenvalue weighted by Crippen LogP contribution is 2.25. The maximum absolute atomic E-state index is 12.0. The van der Waals surface area contributed by atoms with Gasteiger partial charge >= 0.3 is 0 Å². The number of aromatic hydroxyl groups is 1. The number of rotatable bonds is 2. The summed E-state index contributed by atoms with van der Waals surface area (Å²) >= 11 is 8.16. The Labute approximate surface area is 128 Å². The topological polar surface area (TPSA) is 75.4 Å². The molecule has 0 spiro atoms. The third-order valence-corrected chi connectivity index (χ3v) is 3.46. The monoisotopic (exact) mass is 388 g/mol. The summed E-state index contributed by atoms with van der Waals surface area (Å²) < 4.78 is 0.978. The van der Waals surface area contributed by atoms with Crippen LogP contribution in [0.1, 0.15) is 10.4 Å².